The number of hydrogen-bond acceptors (Lipinski definition) is 3. The lowest BCUT2D eigenvalue weighted by atomic mass is 9.91. The molecule has 2 aliphatic heterocycles. The maximum atomic E-state index is 12.9. The summed E-state index contributed by atoms with van der Waals surface area (Å²) in [7, 11) is 0. The van der Waals surface area contributed by atoms with Crippen LogP contribution in [0.1, 0.15) is 43.7 Å². The zero-order chi connectivity index (χ0) is 18.0. The third-order valence-electron chi connectivity index (χ3n) is 5.16. The predicted octanol–water partition coefficient (Wildman–Crippen LogP) is 2.16. The molecule has 4 amide bonds. The van der Waals surface area contributed by atoms with E-state index in [2.05, 4.69) is 5.32 Å². The van der Waals surface area contributed by atoms with Gasteiger partial charge in [-0.3, -0.25) is 14.5 Å². The number of aryl methyl sites for hydroxylation is 1. The standard InChI is InChI=1S/C19H25N3O3/c1-14-7-9-15(10-8-14)19(2)17(24)22(18(25)20-19)13-16(23)21-11-5-3-4-6-12-21/h7-10H,3-6,11-13H2,1-2H3,(H,20,25)/t19-/m0/s1. The highest BCUT2D eigenvalue weighted by atomic mass is 16.2. The van der Waals surface area contributed by atoms with Gasteiger partial charge in [-0.25, -0.2) is 4.79 Å². The van der Waals surface area contributed by atoms with Crippen LogP contribution in [0.2, 0.25) is 0 Å². The fourth-order valence-corrected chi connectivity index (χ4v) is 3.48. The number of imide groups is 1. The van der Waals surface area contributed by atoms with Crippen LogP contribution in [0.5, 0.6) is 0 Å². The number of rotatable bonds is 3. The molecule has 0 bridgehead atoms. The molecule has 0 aliphatic carbocycles. The molecule has 25 heavy (non-hydrogen) atoms. The summed E-state index contributed by atoms with van der Waals surface area (Å²) >= 11 is 0. The van der Waals surface area contributed by atoms with Gasteiger partial charge in [0.05, 0.1) is 0 Å². The number of hydrogen-bond donors (Lipinski definition) is 1. The van der Waals surface area contributed by atoms with Gasteiger partial charge < -0.3 is 10.2 Å². The summed E-state index contributed by atoms with van der Waals surface area (Å²) in [6, 6.07) is 6.99. The average Bonchev–Trinajstić information content (AvgIpc) is 2.81. The largest absolute Gasteiger partial charge is 0.341 e. The Labute approximate surface area is 148 Å². The first-order chi connectivity index (χ1) is 11.9. The first-order valence-corrected chi connectivity index (χ1v) is 8.91. The highest BCUT2D eigenvalue weighted by molar-refractivity contribution is 6.09. The van der Waals surface area contributed by atoms with E-state index in [1.54, 1.807) is 11.8 Å². The van der Waals surface area contributed by atoms with E-state index >= 15 is 0 Å². The fraction of sp³-hybridized carbons (Fsp3) is 0.526. The number of nitrogens with zero attached hydrogens (tertiary/aromatic N) is 2. The molecule has 2 aliphatic rings. The van der Waals surface area contributed by atoms with Crippen molar-refractivity contribution in [1.29, 1.82) is 0 Å². The Bertz CT molecular complexity index is 678. The Morgan fingerprint density at radius 2 is 1.68 bits per heavy atom. The van der Waals surface area contributed by atoms with E-state index in [1.165, 1.54) is 0 Å². The van der Waals surface area contributed by atoms with Gasteiger partial charge >= 0.3 is 6.03 Å². The number of nitrogens with one attached hydrogen (secondary N) is 1. The van der Waals surface area contributed by atoms with Crippen LogP contribution in [0.3, 0.4) is 0 Å². The number of carbonyl (C=O) groups is 3. The second-order valence-electron chi connectivity index (χ2n) is 7.11. The summed E-state index contributed by atoms with van der Waals surface area (Å²) in [6.07, 6.45) is 4.21. The molecule has 1 atom stereocenters. The van der Waals surface area contributed by atoms with E-state index in [-0.39, 0.29) is 18.4 Å². The molecule has 1 aromatic rings. The van der Waals surface area contributed by atoms with Crippen molar-refractivity contribution in [3.63, 3.8) is 0 Å². The molecule has 2 saturated heterocycles. The lowest BCUT2D eigenvalue weighted by Gasteiger charge is -2.24. The van der Waals surface area contributed by atoms with Crippen molar-refractivity contribution in [3.8, 4) is 0 Å². The highest BCUT2D eigenvalue weighted by Gasteiger charge is 2.49. The lowest BCUT2D eigenvalue weighted by Crippen LogP contribution is -2.44. The highest BCUT2D eigenvalue weighted by Crippen LogP contribution is 2.29. The summed E-state index contributed by atoms with van der Waals surface area (Å²) in [4.78, 5) is 40.6. The van der Waals surface area contributed by atoms with E-state index in [1.807, 2.05) is 31.2 Å². The number of benzene rings is 1. The van der Waals surface area contributed by atoms with Crippen molar-refractivity contribution in [1.82, 2.24) is 15.1 Å². The Kier molecular flexibility index (Phi) is 4.79. The van der Waals surface area contributed by atoms with Gasteiger partial charge in [-0.05, 0) is 32.3 Å². The third kappa shape index (κ3) is 3.38. The summed E-state index contributed by atoms with van der Waals surface area (Å²) in [5, 5.41) is 2.75. The van der Waals surface area contributed by atoms with Crippen LogP contribution in [0.15, 0.2) is 24.3 Å². The molecule has 134 valence electrons. The molecule has 0 saturated carbocycles. The van der Waals surface area contributed by atoms with Gasteiger partial charge in [0.1, 0.15) is 12.1 Å². The maximum absolute atomic E-state index is 12.9. The molecule has 3 rings (SSSR count). The molecule has 0 unspecified atom stereocenters. The Balaban J connectivity index is 1.74. The second kappa shape index (κ2) is 6.86. The van der Waals surface area contributed by atoms with Gasteiger partial charge in [-0.2, -0.15) is 0 Å². The van der Waals surface area contributed by atoms with Crippen molar-refractivity contribution >= 4 is 17.8 Å². The van der Waals surface area contributed by atoms with Crippen LogP contribution in [-0.2, 0) is 15.1 Å². The summed E-state index contributed by atoms with van der Waals surface area (Å²) in [6.45, 7) is 4.88. The van der Waals surface area contributed by atoms with Crippen LogP contribution in [0.25, 0.3) is 0 Å². The zero-order valence-corrected chi connectivity index (χ0v) is 14.9. The smallest absolute Gasteiger partial charge is 0.325 e. The molecule has 1 N–H and O–H groups in total. The second-order valence-corrected chi connectivity index (χ2v) is 7.11. The Hall–Kier alpha value is -2.37. The molecule has 0 aromatic heterocycles. The summed E-state index contributed by atoms with van der Waals surface area (Å²) < 4.78 is 0. The molecule has 2 fully saturated rings. The zero-order valence-electron chi connectivity index (χ0n) is 14.9. The van der Waals surface area contributed by atoms with Crippen LogP contribution < -0.4 is 5.32 Å². The third-order valence-corrected chi connectivity index (χ3v) is 5.16. The van der Waals surface area contributed by atoms with Crippen molar-refractivity contribution in [2.45, 2.75) is 45.1 Å². The molecule has 6 nitrogen and oxygen atoms in total. The van der Waals surface area contributed by atoms with Gasteiger partial charge in [0, 0.05) is 13.1 Å². The fourth-order valence-electron chi connectivity index (χ4n) is 3.48. The molecule has 0 radical (unpaired) electrons. The molecular weight excluding hydrogens is 318 g/mol. The van der Waals surface area contributed by atoms with Gasteiger partial charge in [0.25, 0.3) is 5.91 Å². The van der Waals surface area contributed by atoms with Crippen LogP contribution >= 0.6 is 0 Å². The summed E-state index contributed by atoms with van der Waals surface area (Å²) in [5.74, 6) is -0.525. The van der Waals surface area contributed by atoms with Crippen LogP contribution in [-0.4, -0.2) is 47.3 Å². The van der Waals surface area contributed by atoms with Gasteiger partial charge in [0.2, 0.25) is 5.91 Å². The molecule has 2 heterocycles. The van der Waals surface area contributed by atoms with E-state index in [9.17, 15) is 14.4 Å². The van der Waals surface area contributed by atoms with Crippen molar-refractivity contribution in [2.24, 2.45) is 0 Å². The van der Waals surface area contributed by atoms with Gasteiger partial charge in [-0.15, -0.1) is 0 Å². The first-order valence-electron chi connectivity index (χ1n) is 8.91. The average molecular weight is 343 g/mol. The maximum Gasteiger partial charge on any atom is 0.325 e. The number of likely N-dealkylation sites (tertiary alicyclic amines) is 1. The molecule has 6 heteroatoms. The SMILES string of the molecule is Cc1ccc([C@]2(C)NC(=O)N(CC(=O)N3CCCCCC3)C2=O)cc1. The van der Waals surface area contributed by atoms with E-state index in [0.717, 1.165) is 41.7 Å². The molecule has 0 spiro atoms. The Morgan fingerprint density at radius 3 is 2.28 bits per heavy atom. The monoisotopic (exact) mass is 343 g/mol. The minimum Gasteiger partial charge on any atom is -0.341 e. The molecular formula is C19H25N3O3. The minimum atomic E-state index is -1.12. The van der Waals surface area contributed by atoms with E-state index < -0.39 is 11.6 Å². The number of carbonyl (C=O) groups excluding carboxylic acids is 3. The van der Waals surface area contributed by atoms with Crippen molar-refractivity contribution in [2.75, 3.05) is 19.6 Å². The first kappa shape index (κ1) is 17.5. The normalized spacial score (nSPS) is 24.2. The van der Waals surface area contributed by atoms with Gasteiger partial charge in [-0.1, -0.05) is 42.7 Å². The van der Waals surface area contributed by atoms with Crippen molar-refractivity contribution in [3.05, 3.63) is 35.4 Å². The van der Waals surface area contributed by atoms with Gasteiger partial charge in [0.15, 0.2) is 0 Å². The van der Waals surface area contributed by atoms with Crippen molar-refractivity contribution < 1.29 is 14.4 Å². The number of urea groups is 1. The topological polar surface area (TPSA) is 69.7 Å². The van der Waals surface area contributed by atoms with Crippen LogP contribution in [0.4, 0.5) is 4.79 Å². The number of amides is 4. The molecule has 1 aromatic carbocycles. The minimum absolute atomic E-state index is 0.154. The summed E-state index contributed by atoms with van der Waals surface area (Å²) in [5.41, 5.74) is 0.683. The van der Waals surface area contributed by atoms with E-state index in [4.69, 9.17) is 0 Å². The Morgan fingerprint density at radius 1 is 1.08 bits per heavy atom. The lowest BCUT2D eigenvalue weighted by molar-refractivity contribution is -0.138. The van der Waals surface area contributed by atoms with E-state index in [0.29, 0.717) is 13.1 Å². The quantitative estimate of drug-likeness (QED) is 0.855. The predicted molar refractivity (Wildman–Crippen MR) is 93.8 cm³/mol. The van der Waals surface area contributed by atoms with Crippen LogP contribution in [0, 0.1) is 6.92 Å².